The monoisotopic (exact) mass is 597 g/mol. The smallest absolute Gasteiger partial charge is 0.416 e. The Morgan fingerprint density at radius 3 is 2.41 bits per heavy atom. The molecule has 2 heterocycles. The van der Waals surface area contributed by atoms with E-state index in [1.165, 1.54) is 30.3 Å². The molecule has 1 N–H and O–H groups in total. The number of ether oxygens (including phenoxy) is 2. The van der Waals surface area contributed by atoms with E-state index in [9.17, 15) is 40.3 Å². The SMILES string of the molecule is O=C(O)C1(C[C@H]2CN(S(=O)(=O)c3cccc(C(F)(F)F)c3)c3cc(-c4cccc(F)c4F)ccc3O2)CCOCC1. The number of carboxylic acid groups (broad SMARTS) is 1. The van der Waals surface area contributed by atoms with Crippen molar-refractivity contribution in [1.29, 1.82) is 0 Å². The number of carboxylic acids is 1. The van der Waals surface area contributed by atoms with Gasteiger partial charge in [0, 0.05) is 25.2 Å². The van der Waals surface area contributed by atoms with Crippen LogP contribution in [0, 0.1) is 17.0 Å². The maximum atomic E-state index is 14.6. The number of nitrogens with zero attached hydrogens (tertiary/aromatic N) is 1. The summed E-state index contributed by atoms with van der Waals surface area (Å²) >= 11 is 0. The fraction of sp³-hybridized carbons (Fsp3) is 0.321. The Morgan fingerprint density at radius 1 is 1.02 bits per heavy atom. The standard InChI is InChI=1S/C28H24F5NO6S/c29-22-6-2-5-21(25(22)30)17-7-8-24-23(13-17)34(41(37,38)20-4-1-3-18(14-20)28(31,32)33)16-19(40-24)15-27(26(35)36)9-11-39-12-10-27/h1-8,13-14,19H,9-12,15-16H2,(H,35,36)/t19-/m0/s1. The first-order chi connectivity index (χ1) is 19.3. The van der Waals surface area contributed by atoms with Gasteiger partial charge in [-0.15, -0.1) is 0 Å². The van der Waals surface area contributed by atoms with E-state index in [-0.39, 0.29) is 55.0 Å². The van der Waals surface area contributed by atoms with Crippen molar-refractivity contribution in [3.8, 4) is 16.9 Å². The number of hydrogen-bond donors (Lipinski definition) is 1. The zero-order valence-corrected chi connectivity index (χ0v) is 22.1. The highest BCUT2D eigenvalue weighted by Crippen LogP contribution is 2.44. The lowest BCUT2D eigenvalue weighted by atomic mass is 9.75. The van der Waals surface area contributed by atoms with Gasteiger partial charge in [-0.3, -0.25) is 9.10 Å². The molecule has 0 saturated carbocycles. The Bertz CT molecular complexity index is 1590. The van der Waals surface area contributed by atoms with Gasteiger partial charge in [0.25, 0.3) is 10.0 Å². The minimum absolute atomic E-state index is 0.00930. The first-order valence-electron chi connectivity index (χ1n) is 12.6. The van der Waals surface area contributed by atoms with Crippen LogP contribution in [0.5, 0.6) is 5.75 Å². The number of carbonyl (C=O) groups is 1. The highest BCUT2D eigenvalue weighted by atomic mass is 32.2. The van der Waals surface area contributed by atoms with Gasteiger partial charge in [-0.05, 0) is 54.8 Å². The minimum Gasteiger partial charge on any atom is -0.486 e. The highest BCUT2D eigenvalue weighted by molar-refractivity contribution is 7.92. The van der Waals surface area contributed by atoms with Crippen LogP contribution in [0.3, 0.4) is 0 Å². The maximum absolute atomic E-state index is 14.6. The first-order valence-corrected chi connectivity index (χ1v) is 14.0. The topological polar surface area (TPSA) is 93.1 Å². The molecular formula is C28H24F5NO6S. The average molecular weight is 598 g/mol. The van der Waals surface area contributed by atoms with E-state index >= 15 is 0 Å². The molecule has 0 aromatic heterocycles. The first kappa shape index (κ1) is 28.8. The zero-order valence-electron chi connectivity index (χ0n) is 21.3. The van der Waals surface area contributed by atoms with E-state index in [1.807, 2.05) is 0 Å². The molecular weight excluding hydrogens is 573 g/mol. The second kappa shape index (κ2) is 10.6. The van der Waals surface area contributed by atoms with Crippen LogP contribution in [0.15, 0.2) is 65.6 Å². The highest BCUT2D eigenvalue weighted by Gasteiger charge is 2.45. The minimum atomic E-state index is -4.81. The number of fused-ring (bicyclic) bond motifs is 1. The predicted molar refractivity (Wildman–Crippen MR) is 137 cm³/mol. The van der Waals surface area contributed by atoms with Gasteiger partial charge in [-0.2, -0.15) is 13.2 Å². The van der Waals surface area contributed by atoms with Gasteiger partial charge >= 0.3 is 12.1 Å². The molecule has 1 saturated heterocycles. The number of halogens is 5. The summed E-state index contributed by atoms with van der Waals surface area (Å²) in [7, 11) is -4.68. The molecule has 0 spiro atoms. The molecule has 7 nitrogen and oxygen atoms in total. The molecule has 0 aliphatic carbocycles. The summed E-state index contributed by atoms with van der Waals surface area (Å²) < 4.78 is 109. The number of hydrogen-bond acceptors (Lipinski definition) is 5. The molecule has 0 amide bonds. The van der Waals surface area contributed by atoms with Crippen molar-refractivity contribution in [3.05, 3.63) is 77.9 Å². The maximum Gasteiger partial charge on any atom is 0.416 e. The predicted octanol–water partition coefficient (Wildman–Crippen LogP) is 5.88. The van der Waals surface area contributed by atoms with Crippen molar-refractivity contribution in [3.63, 3.8) is 0 Å². The zero-order chi connectivity index (χ0) is 29.6. The quantitative estimate of drug-likeness (QED) is 0.357. The molecule has 1 fully saturated rings. The van der Waals surface area contributed by atoms with Gasteiger partial charge < -0.3 is 14.6 Å². The molecule has 1 atom stereocenters. The lowest BCUT2D eigenvalue weighted by molar-refractivity contribution is -0.157. The largest absolute Gasteiger partial charge is 0.486 e. The Balaban J connectivity index is 1.61. The fourth-order valence-corrected chi connectivity index (χ4v) is 6.75. The average Bonchev–Trinajstić information content (AvgIpc) is 2.94. The van der Waals surface area contributed by atoms with Gasteiger partial charge in [0.1, 0.15) is 11.9 Å². The molecule has 2 aliphatic rings. The molecule has 0 unspecified atom stereocenters. The second-order valence-corrected chi connectivity index (χ2v) is 11.8. The van der Waals surface area contributed by atoms with E-state index in [2.05, 4.69) is 0 Å². The van der Waals surface area contributed by atoms with Crippen LogP contribution in [0.1, 0.15) is 24.8 Å². The Labute approximate surface area is 232 Å². The molecule has 3 aromatic carbocycles. The summed E-state index contributed by atoms with van der Waals surface area (Å²) in [4.78, 5) is 11.6. The van der Waals surface area contributed by atoms with E-state index in [1.54, 1.807) is 0 Å². The Kier molecular flexibility index (Phi) is 7.45. The van der Waals surface area contributed by atoms with Crippen LogP contribution in [0.25, 0.3) is 11.1 Å². The van der Waals surface area contributed by atoms with Crippen LogP contribution in [0.4, 0.5) is 27.6 Å². The molecule has 2 aliphatic heterocycles. The van der Waals surface area contributed by atoms with Crippen molar-refractivity contribution < 1.29 is 49.7 Å². The van der Waals surface area contributed by atoms with Crippen molar-refractivity contribution in [1.82, 2.24) is 0 Å². The summed E-state index contributed by atoms with van der Waals surface area (Å²) in [6.45, 7) is -0.0641. The lowest BCUT2D eigenvalue weighted by Gasteiger charge is -2.40. The van der Waals surface area contributed by atoms with Crippen LogP contribution >= 0.6 is 0 Å². The number of anilines is 1. The third-order valence-corrected chi connectivity index (χ3v) is 9.20. The summed E-state index contributed by atoms with van der Waals surface area (Å²) in [6.07, 6.45) is -5.58. The number of alkyl halides is 3. The Hall–Kier alpha value is -3.71. The van der Waals surface area contributed by atoms with Gasteiger partial charge in [-0.1, -0.05) is 24.3 Å². The fourth-order valence-electron chi connectivity index (χ4n) is 5.20. The lowest BCUT2D eigenvalue weighted by Crippen LogP contribution is -2.48. The normalized spacial score (nSPS) is 18.9. The number of sulfonamides is 1. The summed E-state index contributed by atoms with van der Waals surface area (Å²) in [6, 6.07) is 10.7. The molecule has 218 valence electrons. The number of benzene rings is 3. The molecule has 3 aromatic rings. The van der Waals surface area contributed by atoms with Crippen LogP contribution in [-0.4, -0.2) is 45.4 Å². The Morgan fingerprint density at radius 2 is 1.73 bits per heavy atom. The van der Waals surface area contributed by atoms with E-state index < -0.39 is 62.3 Å². The number of aliphatic carboxylic acids is 1. The molecule has 0 bridgehead atoms. The van der Waals surface area contributed by atoms with E-state index in [0.717, 1.165) is 28.6 Å². The summed E-state index contributed by atoms with van der Waals surface area (Å²) in [5.74, 6) is -3.40. The van der Waals surface area contributed by atoms with Gasteiger partial charge in [0.05, 0.1) is 28.1 Å². The van der Waals surface area contributed by atoms with Crippen molar-refractivity contribution in [2.75, 3.05) is 24.1 Å². The van der Waals surface area contributed by atoms with Crippen molar-refractivity contribution >= 4 is 21.7 Å². The van der Waals surface area contributed by atoms with Crippen molar-refractivity contribution in [2.24, 2.45) is 5.41 Å². The number of rotatable bonds is 6. The molecule has 0 radical (unpaired) electrons. The molecule has 41 heavy (non-hydrogen) atoms. The van der Waals surface area contributed by atoms with Crippen LogP contribution < -0.4 is 9.04 Å². The third-order valence-electron chi connectivity index (χ3n) is 7.42. The third kappa shape index (κ3) is 5.47. The van der Waals surface area contributed by atoms with E-state index in [0.29, 0.717) is 6.07 Å². The van der Waals surface area contributed by atoms with Gasteiger partial charge in [-0.25, -0.2) is 17.2 Å². The van der Waals surface area contributed by atoms with Gasteiger partial charge in [0.2, 0.25) is 0 Å². The summed E-state index contributed by atoms with van der Waals surface area (Å²) in [5, 5.41) is 10.0. The second-order valence-electron chi connectivity index (χ2n) is 9.99. The molecule has 5 rings (SSSR count). The van der Waals surface area contributed by atoms with Crippen LogP contribution in [0.2, 0.25) is 0 Å². The van der Waals surface area contributed by atoms with Crippen LogP contribution in [-0.2, 0) is 25.7 Å². The molecule has 13 heteroatoms. The summed E-state index contributed by atoms with van der Waals surface area (Å²) in [5.41, 5.74) is -2.63. The van der Waals surface area contributed by atoms with E-state index in [4.69, 9.17) is 9.47 Å². The van der Waals surface area contributed by atoms with Crippen molar-refractivity contribution in [2.45, 2.75) is 36.4 Å². The van der Waals surface area contributed by atoms with Gasteiger partial charge in [0.15, 0.2) is 11.6 Å².